The number of benzene rings is 3. The molecular weight excluding hydrogens is 473 g/mol. The van der Waals surface area contributed by atoms with Gasteiger partial charge in [0.25, 0.3) is 0 Å². The molecule has 198 valence electrons. The van der Waals surface area contributed by atoms with Gasteiger partial charge in [0.15, 0.2) is 0 Å². The number of halogens is 5. The van der Waals surface area contributed by atoms with Crippen LogP contribution in [0.1, 0.15) is 81.7 Å². The maximum atomic E-state index is 13.8. The Morgan fingerprint density at radius 1 is 1.00 bits per heavy atom. The predicted molar refractivity (Wildman–Crippen MR) is 140 cm³/mol. The van der Waals surface area contributed by atoms with E-state index in [9.17, 15) is 27.1 Å². The average Bonchev–Trinajstić information content (AvgIpc) is 2.83. The fourth-order valence-corrected chi connectivity index (χ4v) is 3.66. The summed E-state index contributed by atoms with van der Waals surface area (Å²) in [5, 5.41) is 10.8. The number of hydrogen-bond acceptors (Lipinski definition) is 2. The summed E-state index contributed by atoms with van der Waals surface area (Å²) in [5.41, 5.74) is 4.94. The van der Waals surface area contributed by atoms with Crippen molar-refractivity contribution in [1.82, 2.24) is 0 Å². The maximum Gasteiger partial charge on any atom is 0.417 e. The van der Waals surface area contributed by atoms with Crippen LogP contribution in [0.15, 0.2) is 30.3 Å². The normalized spacial score (nSPS) is 11.1. The molecule has 3 rings (SSSR count). The van der Waals surface area contributed by atoms with E-state index in [1.54, 1.807) is 39.0 Å². The standard InChI is InChI=1S/C13H9FO.C12H15F4N.2C2H6/c1-3-11-12(14)5-4-9-7-10(15)6-8(2)13(9)11;1-4-6(2)9-10(12(14,15)16)7(3)5-8(17)11(9)13;2*1-2/h1,4-7,15H,2H3;5-6H,4,17H2,1-3H3;2*1-2H3. The van der Waals surface area contributed by atoms with Crippen molar-refractivity contribution in [2.24, 2.45) is 0 Å². The van der Waals surface area contributed by atoms with Crippen LogP contribution in [-0.2, 0) is 6.18 Å². The third kappa shape index (κ3) is 7.61. The minimum absolute atomic E-state index is 0.0355. The van der Waals surface area contributed by atoms with Crippen molar-refractivity contribution in [2.45, 2.75) is 73.9 Å². The van der Waals surface area contributed by atoms with Crippen LogP contribution in [0.25, 0.3) is 10.8 Å². The zero-order valence-corrected chi connectivity index (χ0v) is 22.2. The molecule has 0 amide bonds. The summed E-state index contributed by atoms with van der Waals surface area (Å²) < 4.78 is 65.9. The van der Waals surface area contributed by atoms with E-state index in [1.807, 2.05) is 27.7 Å². The number of phenols is 1. The summed E-state index contributed by atoms with van der Waals surface area (Å²) >= 11 is 0. The Balaban J connectivity index is 0.000000600. The Kier molecular flexibility index (Phi) is 13.0. The van der Waals surface area contributed by atoms with E-state index in [0.717, 1.165) is 17.0 Å². The van der Waals surface area contributed by atoms with Gasteiger partial charge in [0, 0.05) is 10.9 Å². The zero-order chi connectivity index (χ0) is 28.4. The first-order valence-electron chi connectivity index (χ1n) is 11.9. The quantitative estimate of drug-likeness (QED) is 0.205. The largest absolute Gasteiger partial charge is 0.508 e. The Hall–Kier alpha value is -3.27. The second kappa shape index (κ2) is 14.3. The molecule has 36 heavy (non-hydrogen) atoms. The Morgan fingerprint density at radius 2 is 1.56 bits per heavy atom. The third-order valence-electron chi connectivity index (χ3n) is 5.31. The van der Waals surface area contributed by atoms with Crippen LogP contribution < -0.4 is 5.73 Å². The molecule has 0 aliphatic rings. The van der Waals surface area contributed by atoms with Crippen molar-refractivity contribution < 1.29 is 27.1 Å². The number of rotatable bonds is 2. The van der Waals surface area contributed by atoms with E-state index in [1.165, 1.54) is 13.0 Å². The number of terminal acetylenes is 1. The lowest BCUT2D eigenvalue weighted by Gasteiger charge is -2.21. The molecule has 7 heteroatoms. The lowest BCUT2D eigenvalue weighted by Crippen LogP contribution is -2.16. The fraction of sp³-hybridized carbons (Fsp3) is 0.379. The van der Waals surface area contributed by atoms with Crippen molar-refractivity contribution in [2.75, 3.05) is 5.73 Å². The molecule has 3 aromatic rings. The van der Waals surface area contributed by atoms with E-state index < -0.39 is 29.3 Å². The Labute approximate surface area is 211 Å². The second-order valence-corrected chi connectivity index (χ2v) is 7.62. The minimum atomic E-state index is -4.56. The lowest BCUT2D eigenvalue weighted by atomic mass is 9.89. The minimum Gasteiger partial charge on any atom is -0.508 e. The third-order valence-corrected chi connectivity index (χ3v) is 5.31. The monoisotopic (exact) mass is 509 g/mol. The summed E-state index contributed by atoms with van der Waals surface area (Å²) in [6.07, 6.45) is 1.13. The number of aryl methyl sites for hydroxylation is 2. The molecule has 0 saturated carbocycles. The second-order valence-electron chi connectivity index (χ2n) is 7.62. The van der Waals surface area contributed by atoms with E-state index in [4.69, 9.17) is 12.2 Å². The number of fused-ring (bicyclic) bond motifs is 1. The van der Waals surface area contributed by atoms with Crippen LogP contribution >= 0.6 is 0 Å². The average molecular weight is 510 g/mol. The summed E-state index contributed by atoms with van der Waals surface area (Å²) in [5.74, 6) is 0.633. The smallest absolute Gasteiger partial charge is 0.417 e. The molecule has 0 saturated heterocycles. The van der Waals surface area contributed by atoms with Gasteiger partial charge in [-0.25, -0.2) is 8.78 Å². The van der Waals surface area contributed by atoms with Crippen LogP contribution in [0.3, 0.4) is 0 Å². The molecule has 1 atom stereocenters. The molecule has 0 fully saturated rings. The van der Waals surface area contributed by atoms with Crippen LogP contribution in [0.2, 0.25) is 0 Å². The lowest BCUT2D eigenvalue weighted by molar-refractivity contribution is -0.139. The van der Waals surface area contributed by atoms with Gasteiger partial charge in [0.05, 0.1) is 16.8 Å². The van der Waals surface area contributed by atoms with Crippen LogP contribution in [0.4, 0.5) is 27.6 Å². The van der Waals surface area contributed by atoms with Gasteiger partial charge in [-0.1, -0.05) is 53.5 Å². The summed E-state index contributed by atoms with van der Waals surface area (Å²) in [4.78, 5) is 0. The van der Waals surface area contributed by atoms with Gasteiger partial charge in [-0.05, 0) is 67.0 Å². The van der Waals surface area contributed by atoms with Gasteiger partial charge in [0.2, 0.25) is 0 Å². The molecular formula is C29H36F5NO. The first-order valence-corrected chi connectivity index (χ1v) is 11.9. The van der Waals surface area contributed by atoms with Crippen molar-refractivity contribution in [3.8, 4) is 18.1 Å². The highest BCUT2D eigenvalue weighted by molar-refractivity contribution is 5.92. The van der Waals surface area contributed by atoms with Gasteiger partial charge in [-0.2, -0.15) is 13.2 Å². The number of hydrogen-bond donors (Lipinski definition) is 2. The highest BCUT2D eigenvalue weighted by atomic mass is 19.4. The van der Waals surface area contributed by atoms with Crippen LogP contribution in [0, 0.1) is 37.8 Å². The van der Waals surface area contributed by atoms with Crippen LogP contribution in [-0.4, -0.2) is 5.11 Å². The van der Waals surface area contributed by atoms with Crippen molar-refractivity contribution >= 4 is 16.5 Å². The van der Waals surface area contributed by atoms with Crippen molar-refractivity contribution in [1.29, 1.82) is 0 Å². The van der Waals surface area contributed by atoms with Gasteiger partial charge >= 0.3 is 6.18 Å². The molecule has 0 aliphatic carbocycles. The van der Waals surface area contributed by atoms with E-state index in [2.05, 4.69) is 5.92 Å². The molecule has 0 aliphatic heterocycles. The SMILES string of the molecule is C#Cc1c(F)ccc2cc(O)cc(C)c12.CC.CC.CCC(C)c1c(F)c(N)cc(C)c1C(F)(F)F. The summed E-state index contributed by atoms with van der Waals surface area (Å²) in [6.45, 7) is 14.4. The topological polar surface area (TPSA) is 46.2 Å². The summed E-state index contributed by atoms with van der Waals surface area (Å²) in [6, 6.07) is 7.10. The predicted octanol–water partition coefficient (Wildman–Crippen LogP) is 9.28. The number of nitrogens with two attached hydrogens (primary N) is 1. The fourth-order valence-electron chi connectivity index (χ4n) is 3.66. The molecule has 0 aromatic heterocycles. The van der Waals surface area contributed by atoms with Gasteiger partial charge < -0.3 is 10.8 Å². The highest BCUT2D eigenvalue weighted by Crippen LogP contribution is 2.41. The van der Waals surface area contributed by atoms with Gasteiger partial charge in [0.1, 0.15) is 17.4 Å². The van der Waals surface area contributed by atoms with Crippen molar-refractivity contribution in [3.63, 3.8) is 0 Å². The Bertz CT molecular complexity index is 1190. The van der Waals surface area contributed by atoms with E-state index in [0.29, 0.717) is 11.8 Å². The van der Waals surface area contributed by atoms with Crippen molar-refractivity contribution in [3.05, 3.63) is 69.8 Å². The number of nitrogen functional groups attached to an aromatic ring is 1. The van der Waals surface area contributed by atoms with Gasteiger partial charge in [-0.15, -0.1) is 6.42 Å². The molecule has 1 unspecified atom stereocenters. The maximum absolute atomic E-state index is 13.8. The van der Waals surface area contributed by atoms with E-state index in [-0.39, 0.29) is 28.1 Å². The highest BCUT2D eigenvalue weighted by Gasteiger charge is 2.38. The number of anilines is 1. The Morgan fingerprint density at radius 3 is 2.03 bits per heavy atom. The number of phenolic OH excluding ortho intramolecular Hbond substituents is 1. The molecule has 0 radical (unpaired) electrons. The number of aromatic hydroxyl groups is 1. The molecule has 2 nitrogen and oxygen atoms in total. The molecule has 3 N–H and O–H groups in total. The van der Waals surface area contributed by atoms with Crippen LogP contribution in [0.5, 0.6) is 5.75 Å². The summed E-state index contributed by atoms with van der Waals surface area (Å²) in [7, 11) is 0. The number of alkyl halides is 3. The zero-order valence-electron chi connectivity index (χ0n) is 22.2. The first-order chi connectivity index (χ1) is 16.8. The molecule has 3 aromatic carbocycles. The molecule has 0 bridgehead atoms. The molecule has 0 spiro atoms. The first kappa shape index (κ1) is 32.7. The van der Waals surface area contributed by atoms with E-state index >= 15 is 0 Å². The van der Waals surface area contributed by atoms with Gasteiger partial charge in [-0.3, -0.25) is 0 Å². The molecule has 0 heterocycles.